The van der Waals surface area contributed by atoms with Crippen molar-refractivity contribution in [3.63, 3.8) is 0 Å². The molecule has 4 fully saturated rings. The van der Waals surface area contributed by atoms with Crippen molar-refractivity contribution in [1.29, 1.82) is 0 Å². The van der Waals surface area contributed by atoms with Gasteiger partial charge in [0.15, 0.2) is 0 Å². The van der Waals surface area contributed by atoms with Crippen LogP contribution < -0.4 is 0 Å². The van der Waals surface area contributed by atoms with E-state index in [1.54, 1.807) is 5.57 Å². The molecule has 67 heavy (non-hydrogen) atoms. The number of methoxy groups -OCH3 is 1. The van der Waals surface area contributed by atoms with Gasteiger partial charge in [-0.1, -0.05) is 148 Å². The summed E-state index contributed by atoms with van der Waals surface area (Å²) in [5.41, 5.74) is 2.71. The maximum absolute atomic E-state index is 6.56. The molecule has 0 aromatic carbocycles. The third-order valence-corrected chi connectivity index (χ3v) is 18.2. The third kappa shape index (κ3) is 19.2. The molecule has 0 radical (unpaired) electrons. The van der Waals surface area contributed by atoms with Crippen LogP contribution in [0.1, 0.15) is 221 Å². The van der Waals surface area contributed by atoms with Gasteiger partial charge in [-0.15, -0.1) is 0 Å². The second kappa shape index (κ2) is 32.1. The van der Waals surface area contributed by atoms with Crippen LogP contribution in [0, 0.1) is 46.3 Å². The van der Waals surface area contributed by atoms with Crippen molar-refractivity contribution >= 4 is 0 Å². The quantitative estimate of drug-likeness (QED) is 0.0457. The summed E-state index contributed by atoms with van der Waals surface area (Å²) in [5.74, 6) is 5.38. The van der Waals surface area contributed by atoms with Gasteiger partial charge in [-0.25, -0.2) is 0 Å². The van der Waals surface area contributed by atoms with Crippen molar-refractivity contribution in [2.45, 2.75) is 240 Å². The average molecular weight is 937 g/mol. The molecule has 5 aliphatic rings. The molecule has 6 nitrogen and oxygen atoms in total. The fourth-order valence-electron chi connectivity index (χ4n) is 14.1. The topological polar surface area (TPSA) is 49.4 Å². The van der Waals surface area contributed by atoms with E-state index < -0.39 is 0 Å². The predicted octanol–water partition coefficient (Wildman–Crippen LogP) is 15.9. The molecule has 10 atom stereocenters. The molecule has 4 aliphatic carbocycles. The minimum atomic E-state index is 0.0971. The lowest BCUT2D eigenvalue weighted by Gasteiger charge is -2.58. The van der Waals surface area contributed by atoms with Gasteiger partial charge in [-0.05, 0) is 155 Å². The van der Waals surface area contributed by atoms with Crippen LogP contribution >= 0.6 is 0 Å². The summed E-state index contributed by atoms with van der Waals surface area (Å²) in [6, 6.07) is 0. The Morgan fingerprint density at radius 2 is 1.40 bits per heavy atom. The molecule has 2 unspecified atom stereocenters. The van der Waals surface area contributed by atoms with E-state index in [0.29, 0.717) is 29.6 Å². The Morgan fingerprint density at radius 1 is 0.687 bits per heavy atom. The summed E-state index contributed by atoms with van der Waals surface area (Å²) in [7, 11) is 1.84. The highest BCUT2D eigenvalue weighted by Gasteiger charge is 2.59. The van der Waals surface area contributed by atoms with Crippen LogP contribution in [0.2, 0.25) is 0 Å². The Bertz CT molecular complexity index is 1380. The van der Waals surface area contributed by atoms with Gasteiger partial charge >= 0.3 is 0 Å². The molecular formula is C61H109NO5. The minimum Gasteiger partial charge on any atom is -0.381 e. The lowest BCUT2D eigenvalue weighted by molar-refractivity contribution is -0.0651. The third-order valence-electron chi connectivity index (χ3n) is 18.2. The molecule has 0 spiro atoms. The van der Waals surface area contributed by atoms with Crippen LogP contribution in [0.25, 0.3) is 0 Å². The fraction of sp³-hybridized carbons (Fsp3) is 0.902. The molecule has 0 bridgehead atoms. The number of unbranched alkanes of at least 4 members (excludes halogenated alkanes) is 11. The summed E-state index contributed by atoms with van der Waals surface area (Å²) in [6.07, 6.45) is 49.2. The zero-order valence-corrected chi connectivity index (χ0v) is 45.2. The number of allylic oxidation sites excluding steroid dienone is 5. The lowest BCUT2D eigenvalue weighted by Crippen LogP contribution is -2.51. The smallest absolute Gasteiger partial charge is 0.0934 e. The summed E-state index contributed by atoms with van der Waals surface area (Å²) in [4.78, 5) is 2.49. The van der Waals surface area contributed by atoms with E-state index >= 15 is 0 Å². The van der Waals surface area contributed by atoms with Gasteiger partial charge in [-0.2, -0.15) is 0 Å². The molecule has 0 amide bonds. The highest BCUT2D eigenvalue weighted by atomic mass is 16.5. The number of hydrogen-bond donors (Lipinski definition) is 0. The van der Waals surface area contributed by atoms with E-state index in [4.69, 9.17) is 23.7 Å². The van der Waals surface area contributed by atoms with Crippen LogP contribution in [0.15, 0.2) is 36.0 Å². The molecule has 0 aromatic heterocycles. The number of nitrogens with zero attached hydrogens (tertiary/aromatic N) is 1. The molecule has 6 heteroatoms. The SMILES string of the molecule is CCCCCC=CCC=CCCCCCCCCCCOCC(CN1CCC(OC)C1)OCCCOCCCO[C@H]1CC[C@@]2(C)C(=CC[C@H]3[C@@H]4CC[C@H]([C@H](C)CCCC(C)C)[C@@]4(C)CC[C@@H]32)C1. The van der Waals surface area contributed by atoms with Gasteiger partial charge in [0.2, 0.25) is 0 Å². The lowest BCUT2D eigenvalue weighted by atomic mass is 9.47. The van der Waals surface area contributed by atoms with E-state index in [0.717, 1.165) is 127 Å². The second-order valence-electron chi connectivity index (χ2n) is 23.6. The maximum Gasteiger partial charge on any atom is 0.0934 e. The number of hydrogen-bond acceptors (Lipinski definition) is 6. The molecule has 0 N–H and O–H groups in total. The van der Waals surface area contributed by atoms with E-state index in [1.807, 2.05) is 7.11 Å². The minimum absolute atomic E-state index is 0.0971. The van der Waals surface area contributed by atoms with E-state index in [1.165, 1.54) is 141 Å². The largest absolute Gasteiger partial charge is 0.381 e. The number of likely N-dealkylation sites (tertiary alicyclic amines) is 1. The first kappa shape index (κ1) is 56.9. The Hall–Kier alpha value is -1.02. The first-order valence-corrected chi connectivity index (χ1v) is 29.3. The standard InChI is InChI=1S/C61H109NO5/c1-8-9-10-11-12-13-14-15-16-17-18-19-20-21-22-23-24-25-41-65-49-55(48-62-40-37-54(47-62)63-7)67-45-28-43-64-42-27-44-66-53-35-38-60(5)52(46-53)31-32-56-58-34-33-57(51(4)30-26-29-50(2)3)61(58,6)39-36-59(56)60/h12-13,15-16,31,50-51,53-59H,8-11,14,17-30,32-49H2,1-7H3/t51-,53+,54?,55?,56+,57-,58+,59+,60+,61-/m1/s1. The van der Waals surface area contributed by atoms with Crippen LogP contribution in [0.5, 0.6) is 0 Å². The van der Waals surface area contributed by atoms with Gasteiger partial charge in [0, 0.05) is 59.8 Å². The Morgan fingerprint density at radius 3 is 2.13 bits per heavy atom. The van der Waals surface area contributed by atoms with Crippen LogP contribution in [-0.2, 0) is 23.7 Å². The fourth-order valence-corrected chi connectivity index (χ4v) is 14.1. The monoisotopic (exact) mass is 936 g/mol. The predicted molar refractivity (Wildman–Crippen MR) is 284 cm³/mol. The zero-order chi connectivity index (χ0) is 47.6. The zero-order valence-electron chi connectivity index (χ0n) is 45.2. The number of ether oxygens (including phenoxy) is 5. The van der Waals surface area contributed by atoms with Crippen LogP contribution in [-0.4, -0.2) is 89.6 Å². The van der Waals surface area contributed by atoms with Gasteiger partial charge in [0.05, 0.1) is 24.9 Å². The Labute approximate surface area is 415 Å². The van der Waals surface area contributed by atoms with Gasteiger partial charge in [-0.3, -0.25) is 4.90 Å². The average Bonchev–Trinajstić information content (AvgIpc) is 3.93. The highest BCUT2D eigenvalue weighted by molar-refractivity contribution is 5.25. The van der Waals surface area contributed by atoms with Gasteiger partial charge in [0.25, 0.3) is 0 Å². The number of fused-ring (bicyclic) bond motifs is 5. The van der Waals surface area contributed by atoms with Crippen LogP contribution in [0.4, 0.5) is 0 Å². The number of rotatable bonds is 37. The van der Waals surface area contributed by atoms with Crippen LogP contribution in [0.3, 0.4) is 0 Å². The first-order valence-electron chi connectivity index (χ1n) is 29.3. The van der Waals surface area contributed by atoms with Crippen molar-refractivity contribution in [2.75, 3.05) is 66.4 Å². The molecule has 3 saturated carbocycles. The summed E-state index contributed by atoms with van der Waals surface area (Å²) >= 11 is 0. The molecule has 0 aromatic rings. The summed E-state index contributed by atoms with van der Waals surface area (Å²) in [6.45, 7) is 22.6. The van der Waals surface area contributed by atoms with Gasteiger partial charge < -0.3 is 23.7 Å². The Balaban J connectivity index is 0.878. The van der Waals surface area contributed by atoms with Crippen molar-refractivity contribution in [1.82, 2.24) is 4.90 Å². The molecule has 5 rings (SSSR count). The summed E-state index contributed by atoms with van der Waals surface area (Å²) in [5, 5.41) is 0. The molecule has 1 heterocycles. The van der Waals surface area contributed by atoms with Crippen molar-refractivity contribution in [3.8, 4) is 0 Å². The normalized spacial score (nSPS) is 29.8. The molecular weight excluding hydrogens is 827 g/mol. The molecule has 1 aliphatic heterocycles. The Kier molecular flexibility index (Phi) is 27.3. The van der Waals surface area contributed by atoms with E-state index in [2.05, 4.69) is 76.8 Å². The van der Waals surface area contributed by atoms with E-state index in [9.17, 15) is 0 Å². The molecule has 388 valence electrons. The molecule has 1 saturated heterocycles. The van der Waals surface area contributed by atoms with Crippen molar-refractivity contribution < 1.29 is 23.7 Å². The maximum atomic E-state index is 6.56. The van der Waals surface area contributed by atoms with Gasteiger partial charge in [0.1, 0.15) is 0 Å². The van der Waals surface area contributed by atoms with Crippen molar-refractivity contribution in [3.05, 3.63) is 36.0 Å². The van der Waals surface area contributed by atoms with E-state index in [-0.39, 0.29) is 6.10 Å². The highest BCUT2D eigenvalue weighted by Crippen LogP contribution is 2.67. The first-order chi connectivity index (χ1) is 32.7. The van der Waals surface area contributed by atoms with Crippen molar-refractivity contribution in [2.24, 2.45) is 46.3 Å². The second-order valence-corrected chi connectivity index (χ2v) is 23.6. The summed E-state index contributed by atoms with van der Waals surface area (Å²) < 4.78 is 31.0.